The number of ketones is 1. The summed E-state index contributed by atoms with van der Waals surface area (Å²) in [6.45, 7) is 13.8. The molecule has 0 aromatic heterocycles. The van der Waals surface area contributed by atoms with Crippen molar-refractivity contribution in [3.05, 3.63) is 95.8 Å². The van der Waals surface area contributed by atoms with Gasteiger partial charge in [-0.15, -0.1) is 4.33 Å². The minimum atomic E-state index is -4.33. The summed E-state index contributed by atoms with van der Waals surface area (Å²) in [6.07, 6.45) is 17.3. The van der Waals surface area contributed by atoms with E-state index in [1.165, 1.54) is 11.8 Å². The normalized spacial score (nSPS) is 18.0. The largest absolute Gasteiger partial charge is 0.344 e. The molecule has 2 aliphatic rings. The Labute approximate surface area is 282 Å². The predicted molar refractivity (Wildman–Crippen MR) is 187 cm³/mol. The van der Waals surface area contributed by atoms with Crippen molar-refractivity contribution in [3.8, 4) is 0 Å². The number of benzene rings is 2. The number of anilines is 1. The molecule has 0 radical (unpaired) electrons. The first-order chi connectivity index (χ1) is 22.2. The second kappa shape index (κ2) is 15.3. The highest BCUT2D eigenvalue weighted by molar-refractivity contribution is 7.94. The SMILES string of the molecule is CC[N+]1=C(/C=C/C=C/C=C/C=C2/N(CCCCCC(C)=O)c3ccc(S(=O)(=O)O)cc3C2(C)C)C(C)(C)c2cc(SOOO)ccc21. The van der Waals surface area contributed by atoms with Gasteiger partial charge in [0.15, 0.2) is 5.71 Å². The molecule has 2 aromatic carbocycles. The zero-order valence-electron chi connectivity index (χ0n) is 27.9. The van der Waals surface area contributed by atoms with Crippen LogP contribution >= 0.6 is 12.0 Å². The molecule has 2 aliphatic heterocycles. The van der Waals surface area contributed by atoms with Gasteiger partial charge in [0.2, 0.25) is 5.69 Å². The Kier molecular flexibility index (Phi) is 11.9. The van der Waals surface area contributed by atoms with Gasteiger partial charge in [-0.05, 0) is 82.5 Å². The molecular weight excluding hydrogens is 637 g/mol. The fourth-order valence-corrected chi connectivity index (χ4v) is 7.37. The average Bonchev–Trinajstić information content (AvgIpc) is 3.36. The molecule has 9 nitrogen and oxygen atoms in total. The Bertz CT molecular complexity index is 1750. The summed E-state index contributed by atoms with van der Waals surface area (Å²) >= 11 is 0.950. The van der Waals surface area contributed by atoms with Gasteiger partial charge >= 0.3 is 0 Å². The number of nitrogens with zero attached hydrogens (tertiary/aromatic N) is 2. The van der Waals surface area contributed by atoms with E-state index in [-0.39, 0.29) is 16.1 Å². The molecular formula is C36H45N2O7S2+. The molecule has 0 bridgehead atoms. The number of allylic oxidation sites excluding steroid dienone is 8. The average molecular weight is 682 g/mol. The molecule has 0 fully saturated rings. The van der Waals surface area contributed by atoms with Crippen LogP contribution in [0.5, 0.6) is 0 Å². The summed E-state index contributed by atoms with van der Waals surface area (Å²) in [5, 5.41) is 12.3. The number of carbonyl (C=O) groups is 1. The number of hydrogen-bond acceptors (Lipinski definition) is 8. The smallest absolute Gasteiger partial charge is 0.294 e. The molecule has 252 valence electrons. The van der Waals surface area contributed by atoms with Crippen LogP contribution in [0.3, 0.4) is 0 Å². The maximum absolute atomic E-state index is 11.9. The monoisotopic (exact) mass is 681 g/mol. The van der Waals surface area contributed by atoms with Crippen LogP contribution in [0.25, 0.3) is 0 Å². The third-order valence-corrected chi connectivity index (χ3v) is 10.3. The summed E-state index contributed by atoms with van der Waals surface area (Å²) in [5.74, 6) is 0.192. The topological polar surface area (TPSA) is 116 Å². The van der Waals surface area contributed by atoms with Crippen molar-refractivity contribution in [2.24, 2.45) is 0 Å². The number of carbonyl (C=O) groups excluding carboxylic acids is 1. The molecule has 0 atom stereocenters. The van der Waals surface area contributed by atoms with Crippen molar-refractivity contribution in [3.63, 3.8) is 0 Å². The molecule has 0 unspecified atom stereocenters. The van der Waals surface area contributed by atoms with E-state index < -0.39 is 15.5 Å². The number of unbranched alkanes of at least 4 members (excludes halogenated alkanes) is 2. The first kappa shape index (κ1) is 36.5. The minimum absolute atomic E-state index is 0.116. The highest BCUT2D eigenvalue weighted by Crippen LogP contribution is 2.48. The van der Waals surface area contributed by atoms with Crippen molar-refractivity contribution in [2.75, 3.05) is 18.0 Å². The zero-order valence-corrected chi connectivity index (χ0v) is 29.5. The Morgan fingerprint density at radius 2 is 1.68 bits per heavy atom. The highest BCUT2D eigenvalue weighted by Gasteiger charge is 2.44. The van der Waals surface area contributed by atoms with Crippen molar-refractivity contribution in [1.82, 2.24) is 0 Å². The van der Waals surface area contributed by atoms with Crippen LogP contribution in [0.4, 0.5) is 11.4 Å². The summed E-state index contributed by atoms with van der Waals surface area (Å²) in [7, 11) is -4.33. The fourth-order valence-electron chi connectivity index (χ4n) is 6.46. The second-order valence-corrected chi connectivity index (χ2v) is 15.0. The van der Waals surface area contributed by atoms with Gasteiger partial charge in [0.25, 0.3) is 10.1 Å². The maximum atomic E-state index is 11.9. The third-order valence-electron chi connectivity index (χ3n) is 8.86. The number of Topliss-reactive ketones (excluding diaryl/α,β-unsaturated/α-hetero) is 1. The lowest BCUT2D eigenvalue weighted by molar-refractivity contribution is -0.433. The predicted octanol–water partition coefficient (Wildman–Crippen LogP) is 8.26. The van der Waals surface area contributed by atoms with E-state index in [1.807, 2.05) is 36.4 Å². The number of rotatable bonds is 15. The Morgan fingerprint density at radius 1 is 0.957 bits per heavy atom. The molecule has 47 heavy (non-hydrogen) atoms. The standard InChI is InChI=1S/C36H44N2O7S2/c1-7-37-31-21-19-27(46-45-44-40)24-29(31)35(3,4)33(37)17-13-9-8-10-14-18-34-36(5,6)30-25-28(47(41,42)43)20-22-32(30)38(34)23-15-11-12-16-26(2)39/h8-10,13-14,17-22,24-25H,7,11-12,15-16,23H2,1-6H3,(H-,40,41,42,43)/p+1. The lowest BCUT2D eigenvalue weighted by atomic mass is 9.81. The molecule has 0 saturated carbocycles. The number of fused-ring (bicyclic) bond motifs is 2. The van der Waals surface area contributed by atoms with Crippen molar-refractivity contribution >= 4 is 45.0 Å². The van der Waals surface area contributed by atoms with Gasteiger partial charge in [-0.25, -0.2) is 5.26 Å². The van der Waals surface area contributed by atoms with Gasteiger partial charge in [0.1, 0.15) is 12.3 Å². The molecule has 2 heterocycles. The van der Waals surface area contributed by atoms with E-state index in [0.29, 0.717) is 6.42 Å². The molecule has 0 spiro atoms. The van der Waals surface area contributed by atoms with Gasteiger partial charge in [-0.2, -0.15) is 13.0 Å². The summed E-state index contributed by atoms with van der Waals surface area (Å²) in [6, 6.07) is 10.8. The summed E-state index contributed by atoms with van der Waals surface area (Å²) in [5.41, 5.74) is 5.50. The van der Waals surface area contributed by atoms with E-state index in [9.17, 15) is 17.8 Å². The highest BCUT2D eigenvalue weighted by atomic mass is 32.2. The Hall–Kier alpha value is -3.32. The van der Waals surface area contributed by atoms with Crippen molar-refractivity contribution in [2.45, 2.75) is 87.8 Å². The molecule has 2 aromatic rings. The molecule has 2 N–H and O–H groups in total. The van der Waals surface area contributed by atoms with E-state index in [1.54, 1.807) is 19.1 Å². The van der Waals surface area contributed by atoms with Crippen molar-refractivity contribution < 1.29 is 37.0 Å². The van der Waals surface area contributed by atoms with E-state index >= 15 is 0 Å². The number of hydrogen-bond donors (Lipinski definition) is 2. The van der Waals surface area contributed by atoms with Gasteiger partial charge in [0, 0.05) is 52.4 Å². The molecule has 11 heteroatoms. The summed E-state index contributed by atoms with van der Waals surface area (Å²) in [4.78, 5) is 14.3. The third kappa shape index (κ3) is 8.22. The van der Waals surface area contributed by atoms with Gasteiger partial charge in [0.05, 0.1) is 22.4 Å². The Balaban J connectivity index is 1.53. The molecule has 0 aliphatic carbocycles. The van der Waals surface area contributed by atoms with Crippen LogP contribution < -0.4 is 4.90 Å². The van der Waals surface area contributed by atoms with E-state index in [2.05, 4.69) is 77.8 Å². The first-order valence-corrected chi connectivity index (χ1v) is 18.0. The molecule has 4 rings (SSSR count). The van der Waals surface area contributed by atoms with Gasteiger partial charge < -0.3 is 9.69 Å². The minimum Gasteiger partial charge on any atom is -0.344 e. The maximum Gasteiger partial charge on any atom is 0.294 e. The van der Waals surface area contributed by atoms with Crippen LogP contribution in [0.15, 0.2) is 94.4 Å². The molecule has 0 amide bonds. The lowest BCUT2D eigenvalue weighted by Gasteiger charge is -2.27. The summed E-state index contributed by atoms with van der Waals surface area (Å²) < 4.78 is 40.5. The fraction of sp³-hybridized carbons (Fsp3) is 0.389. The Morgan fingerprint density at radius 3 is 2.36 bits per heavy atom. The first-order valence-electron chi connectivity index (χ1n) is 15.8. The van der Waals surface area contributed by atoms with Crippen LogP contribution in [-0.4, -0.2) is 47.4 Å². The van der Waals surface area contributed by atoms with E-state index in [0.717, 1.165) is 77.5 Å². The van der Waals surface area contributed by atoms with Crippen LogP contribution in [0, 0.1) is 0 Å². The lowest BCUT2D eigenvalue weighted by Crippen LogP contribution is -2.27. The van der Waals surface area contributed by atoms with Gasteiger partial charge in [-0.1, -0.05) is 55.7 Å². The van der Waals surface area contributed by atoms with Crippen molar-refractivity contribution in [1.29, 1.82) is 0 Å². The van der Waals surface area contributed by atoms with Crippen LogP contribution in [0.2, 0.25) is 0 Å². The van der Waals surface area contributed by atoms with Crippen LogP contribution in [0.1, 0.15) is 78.4 Å². The second-order valence-electron chi connectivity index (χ2n) is 12.8. The zero-order chi connectivity index (χ0) is 34.4. The van der Waals surface area contributed by atoms with E-state index in [4.69, 9.17) is 5.26 Å². The quantitative estimate of drug-likeness (QED) is 0.0365. The van der Waals surface area contributed by atoms with Gasteiger partial charge in [-0.3, -0.25) is 4.55 Å². The van der Waals surface area contributed by atoms with Crippen LogP contribution in [-0.2, 0) is 35.1 Å². The molecule has 0 saturated heterocycles.